The Balaban J connectivity index is 2.72. The van der Waals surface area contributed by atoms with Crippen molar-refractivity contribution in [2.24, 2.45) is 0 Å². The van der Waals surface area contributed by atoms with Crippen LogP contribution in [0.3, 0.4) is 0 Å². The Hall–Kier alpha value is -2.17. The van der Waals surface area contributed by atoms with Crippen LogP contribution in [-0.2, 0) is 0 Å². The number of aromatic amines is 1. The molecule has 4 nitrogen and oxygen atoms in total. The van der Waals surface area contributed by atoms with Crippen molar-refractivity contribution in [1.82, 2.24) is 9.97 Å². The molecule has 0 unspecified atom stereocenters. The molecule has 0 radical (unpaired) electrons. The predicted molar refractivity (Wildman–Crippen MR) is 61.5 cm³/mol. The van der Waals surface area contributed by atoms with E-state index in [1.54, 1.807) is 12.1 Å². The number of aromatic nitrogens is 2. The van der Waals surface area contributed by atoms with E-state index >= 15 is 0 Å². The number of nitrogens with zero attached hydrogens (tertiary/aromatic N) is 1. The molecule has 88 valence electrons. The Morgan fingerprint density at radius 2 is 2.18 bits per heavy atom. The van der Waals surface area contributed by atoms with Crippen LogP contribution in [0.1, 0.15) is 5.56 Å². The Kier molecular flexibility index (Phi) is 2.91. The van der Waals surface area contributed by atoms with Crippen molar-refractivity contribution in [3.8, 4) is 17.0 Å². The quantitative estimate of drug-likeness (QED) is 0.863. The van der Waals surface area contributed by atoms with Gasteiger partial charge in [-0.05, 0) is 19.1 Å². The number of H-pyrrole nitrogens is 1. The molecule has 0 amide bonds. The Morgan fingerprint density at radius 1 is 1.41 bits per heavy atom. The summed E-state index contributed by atoms with van der Waals surface area (Å²) in [6, 6.07) is 4.62. The van der Waals surface area contributed by atoms with Gasteiger partial charge in [-0.15, -0.1) is 0 Å². The lowest BCUT2D eigenvalue weighted by atomic mass is 10.1. The molecule has 0 aliphatic heterocycles. The topological polar surface area (TPSA) is 55.0 Å². The van der Waals surface area contributed by atoms with Crippen molar-refractivity contribution in [2.75, 3.05) is 7.11 Å². The van der Waals surface area contributed by atoms with E-state index in [1.165, 1.54) is 19.5 Å². The van der Waals surface area contributed by atoms with Gasteiger partial charge in [-0.25, -0.2) is 9.37 Å². The van der Waals surface area contributed by atoms with E-state index in [9.17, 15) is 9.18 Å². The van der Waals surface area contributed by atoms with Crippen LogP contribution in [0.4, 0.5) is 4.39 Å². The first kappa shape index (κ1) is 11.3. The van der Waals surface area contributed by atoms with Gasteiger partial charge >= 0.3 is 0 Å². The van der Waals surface area contributed by atoms with Crippen LogP contribution in [0.2, 0.25) is 0 Å². The first-order valence-corrected chi connectivity index (χ1v) is 5.01. The van der Waals surface area contributed by atoms with Crippen LogP contribution >= 0.6 is 0 Å². The van der Waals surface area contributed by atoms with E-state index in [0.717, 1.165) is 5.56 Å². The third-order valence-corrected chi connectivity index (χ3v) is 2.39. The maximum Gasteiger partial charge on any atom is 0.293 e. The van der Waals surface area contributed by atoms with Crippen LogP contribution < -0.4 is 10.3 Å². The molecule has 2 aromatic rings. The van der Waals surface area contributed by atoms with Gasteiger partial charge in [-0.2, -0.15) is 0 Å². The molecule has 5 heteroatoms. The van der Waals surface area contributed by atoms with Crippen molar-refractivity contribution < 1.29 is 9.13 Å². The number of hydrogen-bond donors (Lipinski definition) is 1. The van der Waals surface area contributed by atoms with E-state index in [4.69, 9.17) is 4.74 Å². The van der Waals surface area contributed by atoms with E-state index < -0.39 is 11.4 Å². The van der Waals surface area contributed by atoms with Crippen molar-refractivity contribution in [2.45, 2.75) is 6.92 Å². The second-order valence-corrected chi connectivity index (χ2v) is 3.60. The van der Waals surface area contributed by atoms with Crippen molar-refractivity contribution >= 4 is 0 Å². The summed E-state index contributed by atoms with van der Waals surface area (Å²) in [4.78, 5) is 17.8. The fourth-order valence-electron chi connectivity index (χ4n) is 1.59. The zero-order valence-electron chi connectivity index (χ0n) is 9.45. The fraction of sp³-hybridized carbons (Fsp3) is 0.167. The summed E-state index contributed by atoms with van der Waals surface area (Å²) in [6.07, 6.45) is 1.22. The van der Waals surface area contributed by atoms with Crippen molar-refractivity contribution in [3.63, 3.8) is 0 Å². The van der Waals surface area contributed by atoms with Gasteiger partial charge in [0.05, 0.1) is 13.4 Å². The third kappa shape index (κ3) is 2.04. The highest BCUT2D eigenvalue weighted by molar-refractivity contribution is 5.66. The first-order chi connectivity index (χ1) is 8.13. The maximum atomic E-state index is 13.7. The van der Waals surface area contributed by atoms with Crippen LogP contribution in [-0.4, -0.2) is 17.1 Å². The molecular weight excluding hydrogens is 223 g/mol. The highest BCUT2D eigenvalue weighted by Crippen LogP contribution is 2.27. The summed E-state index contributed by atoms with van der Waals surface area (Å²) in [5.41, 5.74) is 0.911. The van der Waals surface area contributed by atoms with Crippen LogP contribution in [0.15, 0.2) is 29.3 Å². The first-order valence-electron chi connectivity index (χ1n) is 5.01. The molecule has 17 heavy (non-hydrogen) atoms. The summed E-state index contributed by atoms with van der Waals surface area (Å²) in [6.45, 7) is 1.84. The van der Waals surface area contributed by atoms with E-state index in [1.807, 2.05) is 6.92 Å². The third-order valence-electron chi connectivity index (χ3n) is 2.39. The molecule has 0 spiro atoms. The van der Waals surface area contributed by atoms with Crippen LogP contribution in [0, 0.1) is 12.7 Å². The van der Waals surface area contributed by atoms with E-state index in [-0.39, 0.29) is 17.0 Å². The smallest absolute Gasteiger partial charge is 0.293 e. The molecule has 0 fully saturated rings. The lowest BCUT2D eigenvalue weighted by Crippen LogP contribution is -2.11. The number of aryl methyl sites for hydroxylation is 1. The summed E-state index contributed by atoms with van der Waals surface area (Å²) in [7, 11) is 1.35. The molecule has 1 N–H and O–H groups in total. The highest BCUT2D eigenvalue weighted by Gasteiger charge is 2.14. The molecule has 0 saturated carbocycles. The minimum absolute atomic E-state index is 0.0111. The van der Waals surface area contributed by atoms with Gasteiger partial charge in [0.15, 0.2) is 0 Å². The molecule has 0 aliphatic carbocycles. The minimum atomic E-state index is -0.438. The Bertz CT molecular complexity index is 608. The number of ether oxygens (including phenoxy) is 1. The zero-order chi connectivity index (χ0) is 12.4. The lowest BCUT2D eigenvalue weighted by molar-refractivity contribution is 0.407. The molecule has 1 aromatic carbocycles. The van der Waals surface area contributed by atoms with Crippen LogP contribution in [0.5, 0.6) is 5.75 Å². The molecule has 0 saturated heterocycles. The standard InChI is InChI=1S/C12H11FN2O2/c1-7-3-4-9(13)8(5-7)10-11(17-2)12(16)15-6-14-10/h3-6H,1-2H3,(H,14,15,16). The monoisotopic (exact) mass is 234 g/mol. The van der Waals surface area contributed by atoms with Crippen molar-refractivity contribution in [1.29, 1.82) is 0 Å². The number of rotatable bonds is 2. The number of halogens is 1. The molecule has 0 atom stereocenters. The molecule has 0 bridgehead atoms. The average molecular weight is 234 g/mol. The summed E-state index contributed by atoms with van der Waals surface area (Å²) in [5.74, 6) is -0.427. The van der Waals surface area contributed by atoms with Gasteiger partial charge < -0.3 is 9.72 Å². The minimum Gasteiger partial charge on any atom is -0.490 e. The second-order valence-electron chi connectivity index (χ2n) is 3.60. The second kappa shape index (κ2) is 4.37. The molecule has 1 heterocycles. The molecule has 0 aliphatic rings. The largest absolute Gasteiger partial charge is 0.490 e. The molecule has 1 aromatic heterocycles. The lowest BCUT2D eigenvalue weighted by Gasteiger charge is -2.07. The highest BCUT2D eigenvalue weighted by atomic mass is 19.1. The zero-order valence-corrected chi connectivity index (χ0v) is 9.45. The fourth-order valence-corrected chi connectivity index (χ4v) is 1.59. The predicted octanol–water partition coefficient (Wildman–Crippen LogP) is 1.89. The Morgan fingerprint density at radius 3 is 2.88 bits per heavy atom. The van der Waals surface area contributed by atoms with Gasteiger partial charge in [0, 0.05) is 5.56 Å². The normalized spacial score (nSPS) is 10.3. The van der Waals surface area contributed by atoms with Gasteiger partial charge in [0.25, 0.3) is 5.56 Å². The SMILES string of the molecule is COc1c(-c2cc(C)ccc2F)nc[nH]c1=O. The summed E-state index contributed by atoms with van der Waals surface area (Å²) in [5, 5.41) is 0. The van der Waals surface area contributed by atoms with Crippen molar-refractivity contribution in [3.05, 3.63) is 46.3 Å². The van der Waals surface area contributed by atoms with Gasteiger partial charge in [-0.3, -0.25) is 4.79 Å². The van der Waals surface area contributed by atoms with Gasteiger partial charge in [-0.1, -0.05) is 11.6 Å². The van der Waals surface area contributed by atoms with Crippen LogP contribution in [0.25, 0.3) is 11.3 Å². The van der Waals surface area contributed by atoms with E-state index in [2.05, 4.69) is 9.97 Å². The maximum absolute atomic E-state index is 13.7. The number of methoxy groups -OCH3 is 1. The van der Waals surface area contributed by atoms with Gasteiger partial charge in [0.1, 0.15) is 11.5 Å². The molecule has 2 rings (SSSR count). The summed E-state index contributed by atoms with van der Waals surface area (Å²) < 4.78 is 18.6. The number of nitrogens with one attached hydrogen (secondary N) is 1. The summed E-state index contributed by atoms with van der Waals surface area (Å²) >= 11 is 0. The average Bonchev–Trinajstić information content (AvgIpc) is 2.32. The van der Waals surface area contributed by atoms with E-state index in [0.29, 0.717) is 0 Å². The Labute approximate surface area is 97.1 Å². The number of benzene rings is 1. The van der Waals surface area contributed by atoms with Gasteiger partial charge in [0.2, 0.25) is 5.75 Å². The molecular formula is C12H11FN2O2. The number of hydrogen-bond acceptors (Lipinski definition) is 3.